The highest BCUT2D eigenvalue weighted by molar-refractivity contribution is 5.29. The molecule has 0 saturated heterocycles. The Labute approximate surface area is 154 Å². The standard InChI is InChI=1S/C22H37NO2/c1-6-10-20(23-5)17-13-15-19(16-14-17)25-21(22(2,3)4)24-18-11-8-7-9-12-18/h13-16,18,20-21,23H,6-12H2,1-5H3. The minimum absolute atomic E-state index is 0.0498. The smallest absolute Gasteiger partial charge is 0.204 e. The van der Waals surface area contributed by atoms with Crippen LogP contribution in [0.2, 0.25) is 0 Å². The first-order chi connectivity index (χ1) is 11.9. The summed E-state index contributed by atoms with van der Waals surface area (Å²) in [4.78, 5) is 0. The van der Waals surface area contributed by atoms with Crippen molar-refractivity contribution < 1.29 is 9.47 Å². The van der Waals surface area contributed by atoms with Crippen molar-refractivity contribution in [1.82, 2.24) is 5.32 Å². The first-order valence-corrected chi connectivity index (χ1v) is 10.0. The molecule has 0 radical (unpaired) electrons. The van der Waals surface area contributed by atoms with Gasteiger partial charge in [0.25, 0.3) is 0 Å². The highest BCUT2D eigenvalue weighted by Crippen LogP contribution is 2.31. The van der Waals surface area contributed by atoms with Gasteiger partial charge in [-0.05, 0) is 44.0 Å². The molecular formula is C22H37NO2. The summed E-state index contributed by atoms with van der Waals surface area (Å²) in [6, 6.07) is 8.92. The number of hydrogen-bond donors (Lipinski definition) is 1. The van der Waals surface area contributed by atoms with E-state index >= 15 is 0 Å². The Bertz CT molecular complexity index is 486. The van der Waals surface area contributed by atoms with Crippen LogP contribution in [0.25, 0.3) is 0 Å². The molecule has 1 saturated carbocycles. The molecule has 1 aliphatic carbocycles. The van der Waals surface area contributed by atoms with E-state index in [0.29, 0.717) is 12.1 Å². The molecule has 0 heterocycles. The predicted molar refractivity (Wildman–Crippen MR) is 105 cm³/mol. The topological polar surface area (TPSA) is 30.5 Å². The summed E-state index contributed by atoms with van der Waals surface area (Å²) in [5.74, 6) is 0.894. The van der Waals surface area contributed by atoms with Crippen LogP contribution in [0.1, 0.15) is 84.2 Å². The lowest BCUT2D eigenvalue weighted by Gasteiger charge is -2.35. The highest BCUT2D eigenvalue weighted by atomic mass is 16.7. The van der Waals surface area contributed by atoms with Crippen LogP contribution >= 0.6 is 0 Å². The van der Waals surface area contributed by atoms with Gasteiger partial charge in [-0.3, -0.25) is 0 Å². The van der Waals surface area contributed by atoms with Crippen molar-refractivity contribution in [2.75, 3.05) is 7.05 Å². The fourth-order valence-corrected chi connectivity index (χ4v) is 3.45. The molecule has 25 heavy (non-hydrogen) atoms. The maximum absolute atomic E-state index is 6.36. The van der Waals surface area contributed by atoms with Gasteiger partial charge in [-0.25, -0.2) is 0 Å². The van der Waals surface area contributed by atoms with Gasteiger partial charge < -0.3 is 14.8 Å². The Morgan fingerprint density at radius 2 is 1.72 bits per heavy atom. The van der Waals surface area contributed by atoms with E-state index in [0.717, 1.165) is 25.0 Å². The number of ether oxygens (including phenoxy) is 2. The van der Waals surface area contributed by atoms with Gasteiger partial charge in [0.1, 0.15) is 5.75 Å². The van der Waals surface area contributed by atoms with Crippen LogP contribution < -0.4 is 10.1 Å². The summed E-state index contributed by atoms with van der Waals surface area (Å²) in [5.41, 5.74) is 1.27. The molecule has 1 fully saturated rings. The quantitative estimate of drug-likeness (QED) is 0.599. The molecule has 0 aliphatic heterocycles. The second-order valence-electron chi connectivity index (χ2n) is 8.41. The third kappa shape index (κ3) is 6.31. The molecule has 3 heteroatoms. The Morgan fingerprint density at radius 1 is 1.08 bits per heavy atom. The molecule has 142 valence electrons. The monoisotopic (exact) mass is 347 g/mol. The summed E-state index contributed by atoms with van der Waals surface area (Å²) < 4.78 is 12.6. The van der Waals surface area contributed by atoms with E-state index < -0.39 is 0 Å². The van der Waals surface area contributed by atoms with Crippen LogP contribution in [0.4, 0.5) is 0 Å². The zero-order chi connectivity index (χ0) is 18.3. The van der Waals surface area contributed by atoms with Gasteiger partial charge >= 0.3 is 0 Å². The van der Waals surface area contributed by atoms with Crippen molar-refractivity contribution in [2.45, 2.75) is 91.1 Å². The fraction of sp³-hybridized carbons (Fsp3) is 0.727. The summed E-state index contributed by atoms with van der Waals surface area (Å²) >= 11 is 0. The van der Waals surface area contributed by atoms with Crippen LogP contribution in [0.3, 0.4) is 0 Å². The van der Waals surface area contributed by atoms with E-state index in [4.69, 9.17) is 9.47 Å². The third-order valence-electron chi connectivity index (χ3n) is 5.03. The molecule has 2 atom stereocenters. The molecule has 2 unspecified atom stereocenters. The Morgan fingerprint density at radius 3 is 2.24 bits per heavy atom. The number of nitrogens with one attached hydrogen (secondary N) is 1. The van der Waals surface area contributed by atoms with E-state index in [1.54, 1.807) is 0 Å². The van der Waals surface area contributed by atoms with E-state index in [2.05, 4.69) is 57.3 Å². The molecule has 1 aliphatic rings. The summed E-state index contributed by atoms with van der Waals surface area (Å²) in [5, 5.41) is 3.39. The molecule has 1 aromatic rings. The minimum Gasteiger partial charge on any atom is -0.464 e. The Hall–Kier alpha value is -1.06. The maximum Gasteiger partial charge on any atom is 0.204 e. The summed E-state index contributed by atoms with van der Waals surface area (Å²) in [6.45, 7) is 8.78. The molecule has 0 spiro atoms. The van der Waals surface area contributed by atoms with Crippen molar-refractivity contribution in [3.63, 3.8) is 0 Å². The average molecular weight is 348 g/mol. The largest absolute Gasteiger partial charge is 0.464 e. The van der Waals surface area contributed by atoms with E-state index in [-0.39, 0.29) is 11.7 Å². The number of benzene rings is 1. The van der Waals surface area contributed by atoms with Crippen molar-refractivity contribution in [3.8, 4) is 5.75 Å². The molecule has 1 N–H and O–H groups in total. The van der Waals surface area contributed by atoms with Gasteiger partial charge in [0.2, 0.25) is 6.29 Å². The van der Waals surface area contributed by atoms with E-state index in [9.17, 15) is 0 Å². The summed E-state index contributed by atoms with van der Waals surface area (Å²) in [7, 11) is 2.03. The molecular weight excluding hydrogens is 310 g/mol. The number of rotatable bonds is 8. The van der Waals surface area contributed by atoms with E-state index in [1.165, 1.54) is 31.2 Å². The first-order valence-electron chi connectivity index (χ1n) is 10.0. The lowest BCUT2D eigenvalue weighted by atomic mass is 9.94. The maximum atomic E-state index is 6.36. The lowest BCUT2D eigenvalue weighted by molar-refractivity contribution is -0.177. The number of hydrogen-bond acceptors (Lipinski definition) is 3. The van der Waals surface area contributed by atoms with Gasteiger partial charge in [-0.15, -0.1) is 0 Å². The SMILES string of the molecule is CCCC(NC)c1ccc(OC(OC2CCCCC2)C(C)(C)C)cc1. The van der Waals surface area contributed by atoms with Crippen molar-refractivity contribution >= 4 is 0 Å². The molecule has 1 aromatic carbocycles. The van der Waals surface area contributed by atoms with Crippen LogP contribution in [0.15, 0.2) is 24.3 Å². The predicted octanol–water partition coefficient (Wildman–Crippen LogP) is 5.85. The fourth-order valence-electron chi connectivity index (χ4n) is 3.45. The van der Waals surface area contributed by atoms with Gasteiger partial charge in [-0.2, -0.15) is 0 Å². The van der Waals surface area contributed by atoms with Crippen LogP contribution in [-0.2, 0) is 4.74 Å². The zero-order valence-electron chi connectivity index (χ0n) is 16.8. The molecule has 0 amide bonds. The second-order valence-corrected chi connectivity index (χ2v) is 8.41. The van der Waals surface area contributed by atoms with Gasteiger partial charge in [-0.1, -0.05) is 65.5 Å². The van der Waals surface area contributed by atoms with Crippen molar-refractivity contribution in [1.29, 1.82) is 0 Å². The molecule has 0 bridgehead atoms. The third-order valence-corrected chi connectivity index (χ3v) is 5.03. The highest BCUT2D eigenvalue weighted by Gasteiger charge is 2.31. The van der Waals surface area contributed by atoms with Gasteiger partial charge in [0.15, 0.2) is 0 Å². The average Bonchev–Trinajstić information content (AvgIpc) is 2.60. The Kier molecular flexibility index (Phi) is 7.77. The van der Waals surface area contributed by atoms with Crippen molar-refractivity contribution in [2.24, 2.45) is 5.41 Å². The molecule has 0 aromatic heterocycles. The van der Waals surface area contributed by atoms with Crippen LogP contribution in [0.5, 0.6) is 5.75 Å². The van der Waals surface area contributed by atoms with Gasteiger partial charge in [0.05, 0.1) is 6.10 Å². The van der Waals surface area contributed by atoms with Crippen LogP contribution in [0, 0.1) is 5.41 Å². The second kappa shape index (κ2) is 9.59. The minimum atomic E-state index is -0.211. The first kappa shape index (κ1) is 20.3. The molecule has 2 rings (SSSR count). The van der Waals surface area contributed by atoms with Crippen molar-refractivity contribution in [3.05, 3.63) is 29.8 Å². The summed E-state index contributed by atoms with van der Waals surface area (Å²) in [6.07, 6.45) is 8.67. The zero-order valence-corrected chi connectivity index (χ0v) is 16.8. The van der Waals surface area contributed by atoms with Crippen LogP contribution in [-0.4, -0.2) is 19.4 Å². The normalized spacial score (nSPS) is 18.8. The molecule has 3 nitrogen and oxygen atoms in total. The van der Waals surface area contributed by atoms with Gasteiger partial charge in [0, 0.05) is 11.5 Å². The lowest BCUT2D eigenvalue weighted by Crippen LogP contribution is -2.38. The van der Waals surface area contributed by atoms with E-state index in [1.807, 2.05) is 7.05 Å². The Balaban J connectivity index is 2.02.